The van der Waals surface area contributed by atoms with Gasteiger partial charge in [0, 0.05) is 12.2 Å². The van der Waals surface area contributed by atoms with Gasteiger partial charge in [0.15, 0.2) is 5.78 Å². The number of hydrogen-bond donors (Lipinski definition) is 0. The molecule has 2 aromatic rings. The Morgan fingerprint density at radius 1 is 1.15 bits per heavy atom. The normalized spacial score (nSPS) is 10.8. The highest BCUT2D eigenvalue weighted by Crippen LogP contribution is 2.14. The van der Waals surface area contributed by atoms with Crippen LogP contribution in [0, 0.1) is 13.8 Å². The summed E-state index contributed by atoms with van der Waals surface area (Å²) in [5.41, 5.74) is 4.01. The topological polar surface area (TPSA) is 34.9 Å². The monoisotopic (exact) mass is 270 g/mol. The summed E-state index contributed by atoms with van der Waals surface area (Å²) in [4.78, 5) is 11.6. The number of rotatable bonds is 6. The molecule has 0 aliphatic carbocycles. The van der Waals surface area contributed by atoms with E-state index in [2.05, 4.69) is 29.4 Å². The molecule has 0 saturated heterocycles. The lowest BCUT2D eigenvalue weighted by Gasteiger charge is -2.05. The Labute approximate surface area is 120 Å². The lowest BCUT2D eigenvalue weighted by molar-refractivity contribution is 0.101. The molecule has 0 aliphatic heterocycles. The van der Waals surface area contributed by atoms with Crippen molar-refractivity contribution in [3.05, 3.63) is 52.8 Å². The summed E-state index contributed by atoms with van der Waals surface area (Å²) in [6.07, 6.45) is 3.31. The van der Waals surface area contributed by atoms with E-state index in [1.165, 1.54) is 5.56 Å². The third-order valence-corrected chi connectivity index (χ3v) is 3.66. The van der Waals surface area contributed by atoms with Crippen LogP contribution in [-0.4, -0.2) is 15.6 Å². The molecule has 0 radical (unpaired) electrons. The van der Waals surface area contributed by atoms with Gasteiger partial charge in [-0.3, -0.25) is 9.48 Å². The van der Waals surface area contributed by atoms with Crippen LogP contribution in [0.2, 0.25) is 0 Å². The van der Waals surface area contributed by atoms with Crippen LogP contribution in [0.25, 0.3) is 0 Å². The molecular weight excluding hydrogens is 248 g/mol. The maximum atomic E-state index is 11.6. The van der Waals surface area contributed by atoms with E-state index in [4.69, 9.17) is 0 Å². The van der Waals surface area contributed by atoms with Crippen LogP contribution in [0.4, 0.5) is 0 Å². The first-order valence-corrected chi connectivity index (χ1v) is 7.18. The number of unbranched alkanes of at least 4 members (excludes halogenated alkanes) is 1. The number of aryl methyl sites for hydroxylation is 3. The number of carbonyl (C=O) groups is 1. The first kappa shape index (κ1) is 14.5. The molecule has 106 valence electrons. The predicted octanol–water partition coefficient (Wildman–Crippen LogP) is 3.73. The van der Waals surface area contributed by atoms with Crippen molar-refractivity contribution in [3.8, 4) is 0 Å². The van der Waals surface area contributed by atoms with Crippen LogP contribution < -0.4 is 0 Å². The molecule has 1 aromatic carbocycles. The molecule has 0 bridgehead atoms. The van der Waals surface area contributed by atoms with E-state index in [0.29, 0.717) is 0 Å². The van der Waals surface area contributed by atoms with E-state index < -0.39 is 0 Å². The fourth-order valence-electron chi connectivity index (χ4n) is 2.66. The maximum Gasteiger partial charge on any atom is 0.163 e. The van der Waals surface area contributed by atoms with E-state index in [0.717, 1.165) is 42.8 Å². The van der Waals surface area contributed by atoms with Crippen molar-refractivity contribution in [2.75, 3.05) is 0 Å². The van der Waals surface area contributed by atoms with Gasteiger partial charge in [-0.15, -0.1) is 0 Å². The summed E-state index contributed by atoms with van der Waals surface area (Å²) < 4.78 is 1.97. The van der Waals surface area contributed by atoms with Crippen molar-refractivity contribution in [2.24, 2.45) is 0 Å². The van der Waals surface area contributed by atoms with Crippen LogP contribution in [0.1, 0.15) is 47.1 Å². The molecule has 20 heavy (non-hydrogen) atoms. The van der Waals surface area contributed by atoms with Crippen molar-refractivity contribution in [1.82, 2.24) is 9.78 Å². The highest BCUT2D eigenvalue weighted by molar-refractivity contribution is 5.96. The fraction of sp³-hybridized carbons (Fsp3) is 0.412. The second-order valence-corrected chi connectivity index (χ2v) is 5.27. The average molecular weight is 270 g/mol. The summed E-state index contributed by atoms with van der Waals surface area (Å²) in [6.45, 7) is 6.38. The summed E-state index contributed by atoms with van der Waals surface area (Å²) in [5, 5.41) is 4.47. The Morgan fingerprint density at radius 3 is 2.45 bits per heavy atom. The van der Waals surface area contributed by atoms with Gasteiger partial charge < -0.3 is 0 Å². The summed E-state index contributed by atoms with van der Waals surface area (Å²) in [6, 6.07) is 10.5. The lowest BCUT2D eigenvalue weighted by atomic mass is 10.1. The van der Waals surface area contributed by atoms with Crippen LogP contribution >= 0.6 is 0 Å². The van der Waals surface area contributed by atoms with Gasteiger partial charge in [-0.1, -0.05) is 30.3 Å². The number of aromatic nitrogens is 2. The average Bonchev–Trinajstić information content (AvgIpc) is 2.71. The standard InChI is InChI=1S/C17H22N2O/c1-13-17(15(3)20)14(2)19(18-13)12-8-7-11-16-9-5-4-6-10-16/h4-6,9-10H,7-8,11-12H2,1-3H3. The van der Waals surface area contributed by atoms with Gasteiger partial charge in [0.25, 0.3) is 0 Å². The minimum Gasteiger partial charge on any atom is -0.294 e. The van der Waals surface area contributed by atoms with E-state index in [-0.39, 0.29) is 5.78 Å². The molecule has 0 saturated carbocycles. The number of nitrogens with zero attached hydrogens (tertiary/aromatic N) is 2. The molecule has 0 aliphatic rings. The minimum absolute atomic E-state index is 0.107. The third-order valence-electron chi connectivity index (χ3n) is 3.66. The molecule has 2 rings (SSSR count). The van der Waals surface area contributed by atoms with E-state index >= 15 is 0 Å². The van der Waals surface area contributed by atoms with Gasteiger partial charge in [-0.25, -0.2) is 0 Å². The van der Waals surface area contributed by atoms with E-state index in [1.807, 2.05) is 24.6 Å². The van der Waals surface area contributed by atoms with Crippen LogP contribution in [-0.2, 0) is 13.0 Å². The predicted molar refractivity (Wildman–Crippen MR) is 81.1 cm³/mol. The van der Waals surface area contributed by atoms with Gasteiger partial charge in [-0.05, 0) is 45.6 Å². The highest BCUT2D eigenvalue weighted by Gasteiger charge is 2.14. The quantitative estimate of drug-likeness (QED) is 0.592. The Balaban J connectivity index is 1.89. The number of carbonyl (C=O) groups excluding carboxylic acids is 1. The van der Waals surface area contributed by atoms with Crippen molar-refractivity contribution < 1.29 is 4.79 Å². The molecule has 0 unspecified atom stereocenters. The highest BCUT2D eigenvalue weighted by atomic mass is 16.1. The number of benzene rings is 1. The third kappa shape index (κ3) is 3.35. The Kier molecular flexibility index (Phi) is 4.72. The molecular formula is C17H22N2O. The molecule has 0 atom stereocenters. The number of ketones is 1. The Hall–Kier alpha value is -1.90. The molecule has 0 fully saturated rings. The van der Waals surface area contributed by atoms with Crippen molar-refractivity contribution in [3.63, 3.8) is 0 Å². The van der Waals surface area contributed by atoms with Gasteiger partial charge in [0.1, 0.15) is 0 Å². The van der Waals surface area contributed by atoms with Crippen molar-refractivity contribution in [2.45, 2.75) is 46.6 Å². The van der Waals surface area contributed by atoms with Crippen molar-refractivity contribution >= 4 is 5.78 Å². The minimum atomic E-state index is 0.107. The van der Waals surface area contributed by atoms with E-state index in [1.54, 1.807) is 6.92 Å². The molecule has 1 heterocycles. The largest absolute Gasteiger partial charge is 0.294 e. The maximum absolute atomic E-state index is 11.6. The molecule has 1 aromatic heterocycles. The van der Waals surface area contributed by atoms with Crippen molar-refractivity contribution in [1.29, 1.82) is 0 Å². The SMILES string of the molecule is CC(=O)c1c(C)nn(CCCCc2ccccc2)c1C. The smallest absolute Gasteiger partial charge is 0.163 e. The first-order valence-electron chi connectivity index (χ1n) is 7.18. The summed E-state index contributed by atoms with van der Waals surface area (Å²) in [7, 11) is 0. The number of hydrogen-bond acceptors (Lipinski definition) is 2. The van der Waals surface area contributed by atoms with E-state index in [9.17, 15) is 4.79 Å². The summed E-state index contributed by atoms with van der Waals surface area (Å²) in [5.74, 6) is 0.107. The number of Topliss-reactive ketones (excluding diaryl/α,β-unsaturated/α-hetero) is 1. The van der Waals surface area contributed by atoms with Gasteiger partial charge in [0.2, 0.25) is 0 Å². The van der Waals surface area contributed by atoms with Crippen LogP contribution in [0.15, 0.2) is 30.3 Å². The van der Waals surface area contributed by atoms with Crippen LogP contribution in [0.3, 0.4) is 0 Å². The fourth-order valence-corrected chi connectivity index (χ4v) is 2.66. The lowest BCUT2D eigenvalue weighted by Crippen LogP contribution is -2.04. The molecule has 0 spiro atoms. The Bertz CT molecular complexity index is 585. The zero-order valence-corrected chi connectivity index (χ0v) is 12.5. The molecule has 3 nitrogen and oxygen atoms in total. The van der Waals surface area contributed by atoms with Crippen LogP contribution in [0.5, 0.6) is 0 Å². The van der Waals surface area contributed by atoms with Gasteiger partial charge in [0.05, 0.1) is 11.3 Å². The molecule has 0 N–H and O–H groups in total. The zero-order chi connectivity index (χ0) is 14.5. The zero-order valence-electron chi connectivity index (χ0n) is 12.5. The second-order valence-electron chi connectivity index (χ2n) is 5.27. The molecule has 0 amide bonds. The first-order chi connectivity index (χ1) is 9.59. The van der Waals surface area contributed by atoms with Gasteiger partial charge >= 0.3 is 0 Å². The molecule has 3 heteroatoms. The Morgan fingerprint density at radius 2 is 1.85 bits per heavy atom. The van der Waals surface area contributed by atoms with Gasteiger partial charge in [-0.2, -0.15) is 5.10 Å². The summed E-state index contributed by atoms with van der Waals surface area (Å²) >= 11 is 0. The second kappa shape index (κ2) is 6.51.